The van der Waals surface area contributed by atoms with Crippen LogP contribution in [0.25, 0.3) is 11.1 Å². The van der Waals surface area contributed by atoms with Gasteiger partial charge in [-0.15, -0.1) is 0 Å². The molecule has 8 nitrogen and oxygen atoms in total. The highest BCUT2D eigenvalue weighted by molar-refractivity contribution is 5.92. The van der Waals surface area contributed by atoms with E-state index in [-0.39, 0.29) is 11.7 Å². The van der Waals surface area contributed by atoms with Gasteiger partial charge >= 0.3 is 12.2 Å². The molecule has 2 amide bonds. The summed E-state index contributed by atoms with van der Waals surface area (Å²) in [6.07, 6.45) is 1.24. The van der Waals surface area contributed by atoms with E-state index in [4.69, 9.17) is 5.73 Å². The predicted octanol–water partition coefficient (Wildman–Crippen LogP) is 4.65. The first-order chi connectivity index (χ1) is 16.5. The van der Waals surface area contributed by atoms with Crippen molar-refractivity contribution in [2.24, 2.45) is 5.92 Å². The Bertz CT molecular complexity index is 1360. The lowest BCUT2D eigenvalue weighted by Crippen LogP contribution is -2.30. The van der Waals surface area contributed by atoms with Gasteiger partial charge in [0.1, 0.15) is 17.7 Å². The van der Waals surface area contributed by atoms with Crippen molar-refractivity contribution >= 4 is 28.6 Å². The zero-order valence-electron chi connectivity index (χ0n) is 18.7. The van der Waals surface area contributed by atoms with E-state index in [2.05, 4.69) is 20.7 Å². The van der Waals surface area contributed by atoms with Crippen molar-refractivity contribution in [2.75, 3.05) is 11.1 Å². The molecule has 0 aliphatic heterocycles. The van der Waals surface area contributed by atoms with Gasteiger partial charge in [0.05, 0.1) is 17.4 Å². The van der Waals surface area contributed by atoms with Crippen LogP contribution >= 0.6 is 0 Å². The molecule has 35 heavy (non-hydrogen) atoms. The number of benzene rings is 1. The molecule has 0 saturated heterocycles. The van der Waals surface area contributed by atoms with E-state index < -0.39 is 35.4 Å². The van der Waals surface area contributed by atoms with E-state index in [0.29, 0.717) is 47.0 Å². The number of amides is 2. The molecule has 1 aromatic carbocycles. The summed E-state index contributed by atoms with van der Waals surface area (Å²) in [7, 11) is 0. The molecule has 0 radical (unpaired) electrons. The fraction of sp³-hybridized carbons (Fsp3) is 0.261. The van der Waals surface area contributed by atoms with Crippen LogP contribution in [-0.4, -0.2) is 25.7 Å². The Morgan fingerprint density at radius 2 is 2.03 bits per heavy atom. The number of urea groups is 1. The summed E-state index contributed by atoms with van der Waals surface area (Å²) in [4.78, 5) is 16.4. The number of nitrogens with two attached hydrogens (primary N) is 1. The van der Waals surface area contributed by atoms with Gasteiger partial charge in [-0.25, -0.2) is 18.7 Å². The number of hydrogen-bond acceptors (Lipinski definition) is 5. The molecule has 0 fully saturated rings. The van der Waals surface area contributed by atoms with Crippen molar-refractivity contribution in [3.05, 3.63) is 71.1 Å². The Morgan fingerprint density at radius 3 is 2.69 bits per heavy atom. The lowest BCUT2D eigenvalue weighted by molar-refractivity contribution is -0.137. The zero-order chi connectivity index (χ0) is 25.5. The molecule has 2 unspecified atom stereocenters. The van der Waals surface area contributed by atoms with Crippen molar-refractivity contribution in [3.63, 3.8) is 0 Å². The number of carbonyl (C=O) groups excluding carboxylic acids is 1. The van der Waals surface area contributed by atoms with Gasteiger partial charge in [0.15, 0.2) is 5.82 Å². The number of hydrogen-bond donors (Lipinski definition) is 4. The van der Waals surface area contributed by atoms with Crippen LogP contribution < -0.4 is 16.4 Å². The van der Waals surface area contributed by atoms with E-state index >= 15 is 0 Å². The quantitative estimate of drug-likeness (QED) is 0.397. The number of carbonyl (C=O) groups is 1. The molecule has 3 aromatic rings. The molecule has 4 rings (SSSR count). The van der Waals surface area contributed by atoms with Gasteiger partial charge in [0.25, 0.3) is 0 Å². The second kappa shape index (κ2) is 9.02. The number of aliphatic hydroxyl groups excluding tert-OH is 1. The monoisotopic (exact) mass is 490 g/mol. The van der Waals surface area contributed by atoms with Gasteiger partial charge in [0.2, 0.25) is 0 Å². The lowest BCUT2D eigenvalue weighted by atomic mass is 9.84. The summed E-state index contributed by atoms with van der Waals surface area (Å²) in [5.74, 6) is -0.901. The van der Waals surface area contributed by atoms with E-state index in [1.54, 1.807) is 29.8 Å². The fourth-order valence-electron chi connectivity index (χ4n) is 4.06. The minimum Gasteiger partial charge on any atom is -0.389 e. The van der Waals surface area contributed by atoms with Crippen molar-refractivity contribution < 1.29 is 27.5 Å². The summed E-state index contributed by atoms with van der Waals surface area (Å²) in [5, 5.41) is 19.1. The number of nitrogen functional groups attached to an aromatic ring is 1. The van der Waals surface area contributed by atoms with E-state index in [1.807, 2.05) is 6.92 Å². The van der Waals surface area contributed by atoms with Gasteiger partial charge in [-0.2, -0.15) is 18.3 Å². The van der Waals surface area contributed by atoms with Gasteiger partial charge in [-0.05, 0) is 49.1 Å². The smallest absolute Gasteiger partial charge is 0.389 e. The third kappa shape index (κ3) is 4.83. The maximum Gasteiger partial charge on any atom is 0.416 e. The van der Waals surface area contributed by atoms with E-state index in [0.717, 1.165) is 5.57 Å². The Kier molecular flexibility index (Phi) is 6.24. The van der Waals surface area contributed by atoms with Crippen LogP contribution in [-0.2, 0) is 6.18 Å². The molecule has 0 spiro atoms. The number of anilines is 2. The van der Waals surface area contributed by atoms with Gasteiger partial charge in [-0.3, -0.25) is 0 Å². The summed E-state index contributed by atoms with van der Waals surface area (Å²) < 4.78 is 54.2. The van der Waals surface area contributed by atoms with Crippen molar-refractivity contribution in [1.29, 1.82) is 0 Å². The molecule has 2 heterocycles. The highest BCUT2D eigenvalue weighted by Gasteiger charge is 2.31. The molecular formula is C23H22F4N6O2. The van der Waals surface area contributed by atoms with Crippen LogP contribution in [0.2, 0.25) is 0 Å². The average molecular weight is 490 g/mol. The average Bonchev–Trinajstić information content (AvgIpc) is 3.16. The molecule has 2 aromatic heterocycles. The van der Waals surface area contributed by atoms with Gasteiger partial charge < -0.3 is 21.5 Å². The highest BCUT2D eigenvalue weighted by Crippen LogP contribution is 2.39. The number of fused-ring (bicyclic) bond motifs is 1. The van der Waals surface area contributed by atoms with E-state index in [9.17, 15) is 27.5 Å². The van der Waals surface area contributed by atoms with Crippen LogP contribution in [0.5, 0.6) is 0 Å². The number of nitrogens with zero attached hydrogens (tertiary/aromatic N) is 3. The van der Waals surface area contributed by atoms with Gasteiger partial charge in [-0.1, -0.05) is 13.0 Å². The Hall–Kier alpha value is -3.93. The van der Waals surface area contributed by atoms with Crippen LogP contribution in [0.4, 0.5) is 33.9 Å². The number of nitrogens with one attached hydrogen (secondary N) is 2. The third-order valence-corrected chi connectivity index (χ3v) is 5.71. The number of alkyl halides is 3. The van der Waals surface area contributed by atoms with Crippen molar-refractivity contribution in [3.8, 4) is 0 Å². The summed E-state index contributed by atoms with van der Waals surface area (Å²) in [6, 6.07) is 0.899. The normalized spacial score (nSPS) is 17.1. The maximum atomic E-state index is 14.0. The maximum absolute atomic E-state index is 14.0. The number of allylic oxidation sites excluding steroid dienone is 4. The first kappa shape index (κ1) is 24.2. The Balaban J connectivity index is 1.59. The molecule has 5 N–H and O–H groups in total. The fourth-order valence-corrected chi connectivity index (χ4v) is 4.06. The molecule has 184 valence electrons. The molecule has 0 saturated carbocycles. The molecule has 2 atom stereocenters. The summed E-state index contributed by atoms with van der Waals surface area (Å²) >= 11 is 0. The van der Waals surface area contributed by atoms with Crippen molar-refractivity contribution in [1.82, 2.24) is 19.9 Å². The lowest BCUT2D eigenvalue weighted by Gasteiger charge is -2.24. The highest BCUT2D eigenvalue weighted by atomic mass is 19.4. The first-order valence-electron chi connectivity index (χ1n) is 10.6. The summed E-state index contributed by atoms with van der Waals surface area (Å²) in [6.45, 7) is 3.52. The number of aliphatic hydroxyl groups is 1. The van der Waals surface area contributed by atoms with Crippen LogP contribution in [0.15, 0.2) is 48.6 Å². The second-order valence-electron chi connectivity index (χ2n) is 8.26. The summed E-state index contributed by atoms with van der Waals surface area (Å²) in [5.41, 5.74) is 7.56. The van der Waals surface area contributed by atoms with Crippen molar-refractivity contribution in [2.45, 2.75) is 32.5 Å². The van der Waals surface area contributed by atoms with Crippen LogP contribution in [0, 0.1) is 11.7 Å². The SMILES string of the molecule is CC1CC(NC(=O)Nc2cc(C(F)(F)F)ccc2F)=CC=C1c1c(C(C)O)cn2ncnc(N)c12. The number of aromatic nitrogens is 3. The Morgan fingerprint density at radius 1 is 1.29 bits per heavy atom. The standard InChI is InChI=1S/C23H22F4N6O2/c1-11-7-14(31-22(35)32-18-8-13(23(25,26)27)3-6-17(18)24)4-5-15(11)19-16(12(2)34)9-33-20(19)21(28)29-10-30-33/h3-6,8-12,34H,7H2,1-2H3,(H2,28,29,30)(H2,31,32,35). The van der Waals surface area contributed by atoms with Crippen LogP contribution in [0.3, 0.4) is 0 Å². The molecule has 1 aliphatic rings. The Labute approximate surface area is 197 Å². The number of rotatable bonds is 4. The minimum atomic E-state index is -4.67. The second-order valence-corrected chi connectivity index (χ2v) is 8.26. The minimum absolute atomic E-state index is 0.149. The molecule has 12 heteroatoms. The topological polar surface area (TPSA) is 118 Å². The molecule has 1 aliphatic carbocycles. The zero-order valence-corrected chi connectivity index (χ0v) is 18.7. The van der Waals surface area contributed by atoms with E-state index in [1.165, 1.54) is 6.33 Å². The number of halogens is 4. The van der Waals surface area contributed by atoms with Gasteiger partial charge in [0, 0.05) is 23.0 Å². The third-order valence-electron chi connectivity index (χ3n) is 5.71. The predicted molar refractivity (Wildman–Crippen MR) is 121 cm³/mol. The molecular weight excluding hydrogens is 468 g/mol. The van der Waals surface area contributed by atoms with Crippen LogP contribution in [0.1, 0.15) is 43.1 Å². The molecule has 0 bridgehead atoms. The first-order valence-corrected chi connectivity index (χ1v) is 10.6. The largest absolute Gasteiger partial charge is 0.416 e.